The Balaban J connectivity index is 1.30. The van der Waals surface area contributed by atoms with E-state index in [1.54, 1.807) is 0 Å². The summed E-state index contributed by atoms with van der Waals surface area (Å²) in [6.07, 6.45) is 0. The Morgan fingerprint density at radius 1 is 0.406 bits per heavy atom. The van der Waals surface area contributed by atoms with Gasteiger partial charge >= 0.3 is 0 Å². The number of ether oxygens (including phenoxy) is 4. The summed E-state index contributed by atoms with van der Waals surface area (Å²) in [6, 6.07) is 23.4. The monoisotopic (exact) mass is 434 g/mol. The van der Waals surface area contributed by atoms with Crippen molar-refractivity contribution in [2.75, 3.05) is 39.6 Å². The third kappa shape index (κ3) is 5.60. The van der Waals surface area contributed by atoms with E-state index in [1.165, 1.54) is 0 Å². The Labute approximate surface area is 186 Å². The molecule has 0 unspecified atom stereocenters. The van der Waals surface area contributed by atoms with Crippen LogP contribution in [0, 0.1) is 0 Å². The fourth-order valence-corrected chi connectivity index (χ4v) is 3.41. The van der Waals surface area contributed by atoms with Gasteiger partial charge in [0.05, 0.1) is 13.2 Å². The highest BCUT2D eigenvalue weighted by Gasteiger charge is 2.03. The first-order chi connectivity index (χ1) is 15.7. The predicted molar refractivity (Wildman–Crippen MR) is 124 cm³/mol. The quantitative estimate of drug-likeness (QED) is 0.345. The zero-order valence-corrected chi connectivity index (χ0v) is 17.7. The van der Waals surface area contributed by atoms with Crippen LogP contribution in [-0.2, 0) is 0 Å². The second kappa shape index (κ2) is 10.7. The van der Waals surface area contributed by atoms with Crippen LogP contribution in [0.15, 0.2) is 72.8 Å². The number of aliphatic hydroxyl groups excluding tert-OH is 2. The number of hydrogen-bond acceptors (Lipinski definition) is 6. The summed E-state index contributed by atoms with van der Waals surface area (Å²) in [6.45, 7) is 1.40. The van der Waals surface area contributed by atoms with E-state index in [4.69, 9.17) is 29.2 Å². The third-order valence-electron chi connectivity index (χ3n) is 4.91. The van der Waals surface area contributed by atoms with Crippen molar-refractivity contribution >= 4 is 21.5 Å². The molecule has 0 spiro atoms. The Kier molecular flexibility index (Phi) is 7.27. The largest absolute Gasteiger partial charge is 0.491 e. The van der Waals surface area contributed by atoms with Gasteiger partial charge in [-0.1, -0.05) is 24.3 Å². The molecular formula is C26H26O6. The molecule has 6 heteroatoms. The molecule has 4 aromatic rings. The van der Waals surface area contributed by atoms with Gasteiger partial charge in [0.2, 0.25) is 0 Å². The summed E-state index contributed by atoms with van der Waals surface area (Å²) < 4.78 is 22.6. The van der Waals surface area contributed by atoms with Crippen LogP contribution in [0.3, 0.4) is 0 Å². The van der Waals surface area contributed by atoms with Crippen LogP contribution in [-0.4, -0.2) is 49.9 Å². The van der Waals surface area contributed by atoms with Crippen LogP contribution in [0.2, 0.25) is 0 Å². The molecule has 0 fully saturated rings. The Bertz CT molecular complexity index is 1080. The normalized spacial score (nSPS) is 10.9. The standard InChI is InChI=1S/C26H26O6/c27-9-11-29-23-5-1-21-17-25(7-3-19(21)15-23)31-13-14-32-26-8-4-20-16-24(30-12-10-28)6-2-22(20)18-26/h1-8,15-18,27-28H,9-14H2. The molecule has 0 atom stereocenters. The minimum absolute atomic E-state index is 0.00654. The summed E-state index contributed by atoms with van der Waals surface area (Å²) in [7, 11) is 0. The highest BCUT2D eigenvalue weighted by atomic mass is 16.5. The Morgan fingerprint density at radius 2 is 0.688 bits per heavy atom. The fraction of sp³-hybridized carbons (Fsp3) is 0.231. The third-order valence-corrected chi connectivity index (χ3v) is 4.91. The molecule has 2 N–H and O–H groups in total. The van der Waals surface area contributed by atoms with Crippen molar-refractivity contribution in [1.29, 1.82) is 0 Å². The molecule has 4 aromatic carbocycles. The van der Waals surface area contributed by atoms with Gasteiger partial charge in [0, 0.05) is 0 Å². The van der Waals surface area contributed by atoms with Crippen molar-refractivity contribution in [3.63, 3.8) is 0 Å². The van der Waals surface area contributed by atoms with Gasteiger partial charge in [-0.15, -0.1) is 0 Å². The van der Waals surface area contributed by atoms with E-state index >= 15 is 0 Å². The van der Waals surface area contributed by atoms with Gasteiger partial charge in [-0.3, -0.25) is 0 Å². The van der Waals surface area contributed by atoms with Crippen molar-refractivity contribution in [1.82, 2.24) is 0 Å². The van der Waals surface area contributed by atoms with Crippen LogP contribution in [0.4, 0.5) is 0 Å². The lowest BCUT2D eigenvalue weighted by Gasteiger charge is -2.11. The minimum Gasteiger partial charge on any atom is -0.491 e. The van der Waals surface area contributed by atoms with E-state index < -0.39 is 0 Å². The summed E-state index contributed by atoms with van der Waals surface area (Å²) in [4.78, 5) is 0. The second-order valence-corrected chi connectivity index (χ2v) is 7.18. The van der Waals surface area contributed by atoms with Crippen molar-refractivity contribution in [3.05, 3.63) is 72.8 Å². The molecule has 0 aromatic heterocycles. The lowest BCUT2D eigenvalue weighted by Crippen LogP contribution is -2.09. The SMILES string of the molecule is OCCOc1ccc2cc(OCCOc3ccc4cc(OCCO)ccc4c3)ccc2c1. The maximum atomic E-state index is 8.87. The number of fused-ring (bicyclic) bond motifs is 2. The molecule has 0 amide bonds. The van der Waals surface area contributed by atoms with Gasteiger partial charge in [-0.05, 0) is 70.1 Å². The lowest BCUT2D eigenvalue weighted by atomic mass is 10.1. The molecule has 6 nitrogen and oxygen atoms in total. The van der Waals surface area contributed by atoms with E-state index in [9.17, 15) is 0 Å². The maximum absolute atomic E-state index is 8.87. The van der Waals surface area contributed by atoms with E-state index in [-0.39, 0.29) is 26.4 Å². The van der Waals surface area contributed by atoms with E-state index in [0.29, 0.717) is 13.2 Å². The van der Waals surface area contributed by atoms with Gasteiger partial charge in [0.1, 0.15) is 49.4 Å². The molecule has 0 aliphatic heterocycles. The number of rotatable bonds is 11. The number of aliphatic hydroxyl groups is 2. The lowest BCUT2D eigenvalue weighted by molar-refractivity contribution is 0.201. The summed E-state index contributed by atoms with van der Waals surface area (Å²) in [5, 5.41) is 21.9. The van der Waals surface area contributed by atoms with Gasteiger partial charge < -0.3 is 29.2 Å². The molecule has 0 saturated carbocycles. The second-order valence-electron chi connectivity index (χ2n) is 7.18. The summed E-state index contributed by atoms with van der Waals surface area (Å²) in [5.74, 6) is 3.02. The molecule has 32 heavy (non-hydrogen) atoms. The predicted octanol–water partition coefficient (Wildman–Crippen LogP) is 4.19. The zero-order valence-electron chi connectivity index (χ0n) is 17.7. The number of hydrogen-bond donors (Lipinski definition) is 2. The zero-order chi connectivity index (χ0) is 22.2. The van der Waals surface area contributed by atoms with Crippen LogP contribution in [0.1, 0.15) is 0 Å². The molecule has 0 radical (unpaired) electrons. The number of benzene rings is 4. The smallest absolute Gasteiger partial charge is 0.122 e. The fourth-order valence-electron chi connectivity index (χ4n) is 3.41. The van der Waals surface area contributed by atoms with Crippen LogP contribution >= 0.6 is 0 Å². The molecule has 4 rings (SSSR count). The van der Waals surface area contributed by atoms with Crippen LogP contribution in [0.25, 0.3) is 21.5 Å². The minimum atomic E-state index is -0.00654. The topological polar surface area (TPSA) is 77.4 Å². The molecule has 0 heterocycles. The molecule has 0 aliphatic rings. The van der Waals surface area contributed by atoms with Gasteiger partial charge in [-0.2, -0.15) is 0 Å². The summed E-state index contributed by atoms with van der Waals surface area (Å²) >= 11 is 0. The van der Waals surface area contributed by atoms with Crippen molar-refractivity contribution < 1.29 is 29.2 Å². The highest BCUT2D eigenvalue weighted by molar-refractivity contribution is 5.86. The van der Waals surface area contributed by atoms with Crippen LogP contribution < -0.4 is 18.9 Å². The van der Waals surface area contributed by atoms with Crippen LogP contribution in [0.5, 0.6) is 23.0 Å². The van der Waals surface area contributed by atoms with Gasteiger partial charge in [-0.25, -0.2) is 0 Å². The molecule has 166 valence electrons. The maximum Gasteiger partial charge on any atom is 0.122 e. The van der Waals surface area contributed by atoms with E-state index in [0.717, 1.165) is 44.5 Å². The first-order valence-corrected chi connectivity index (χ1v) is 10.6. The van der Waals surface area contributed by atoms with Gasteiger partial charge in [0.15, 0.2) is 0 Å². The first kappa shape index (κ1) is 21.7. The van der Waals surface area contributed by atoms with E-state index in [2.05, 4.69) is 0 Å². The molecule has 0 aliphatic carbocycles. The molecule has 0 saturated heterocycles. The average Bonchev–Trinajstić information content (AvgIpc) is 2.83. The first-order valence-electron chi connectivity index (χ1n) is 10.6. The van der Waals surface area contributed by atoms with Gasteiger partial charge in [0.25, 0.3) is 0 Å². The van der Waals surface area contributed by atoms with Crippen molar-refractivity contribution in [2.45, 2.75) is 0 Å². The Hall–Kier alpha value is -3.48. The average molecular weight is 434 g/mol. The summed E-state index contributed by atoms with van der Waals surface area (Å²) in [5.41, 5.74) is 0. The van der Waals surface area contributed by atoms with Crippen molar-refractivity contribution in [2.24, 2.45) is 0 Å². The Morgan fingerprint density at radius 3 is 0.969 bits per heavy atom. The van der Waals surface area contributed by atoms with Crippen molar-refractivity contribution in [3.8, 4) is 23.0 Å². The van der Waals surface area contributed by atoms with E-state index in [1.807, 2.05) is 72.8 Å². The highest BCUT2D eigenvalue weighted by Crippen LogP contribution is 2.26. The molecular weight excluding hydrogens is 408 g/mol. The molecule has 0 bridgehead atoms.